The molecule has 9 heteroatoms. The van der Waals surface area contributed by atoms with Crippen molar-refractivity contribution in [1.82, 2.24) is 15.6 Å². The van der Waals surface area contributed by atoms with Crippen molar-refractivity contribution >= 4 is 11.8 Å². The fraction of sp³-hybridized carbons (Fsp3) is 0.240. The molecule has 2 aromatic carbocycles. The number of carbonyl (C=O) groups is 2. The summed E-state index contributed by atoms with van der Waals surface area (Å²) in [6.07, 6.45) is 0.352. The third-order valence-corrected chi connectivity index (χ3v) is 4.71. The molecule has 34 heavy (non-hydrogen) atoms. The first kappa shape index (κ1) is 24.7. The van der Waals surface area contributed by atoms with Crippen LogP contribution in [-0.4, -0.2) is 52.8 Å². The zero-order valence-corrected chi connectivity index (χ0v) is 18.5. The van der Waals surface area contributed by atoms with E-state index in [0.717, 1.165) is 11.1 Å². The van der Waals surface area contributed by atoms with E-state index in [1.807, 2.05) is 60.7 Å². The van der Waals surface area contributed by atoms with Crippen LogP contribution in [0.15, 0.2) is 72.9 Å². The van der Waals surface area contributed by atoms with Crippen LogP contribution in [0, 0.1) is 0 Å². The minimum atomic E-state index is -1.07. The van der Waals surface area contributed by atoms with Crippen molar-refractivity contribution in [2.24, 2.45) is 0 Å². The lowest BCUT2D eigenvalue weighted by atomic mass is 10.2. The highest BCUT2D eigenvalue weighted by molar-refractivity contribution is 5.98. The van der Waals surface area contributed by atoms with Crippen molar-refractivity contribution in [2.75, 3.05) is 19.7 Å². The number of nitrogens with zero attached hydrogens (tertiary/aromatic N) is 1. The Balaban J connectivity index is 1.66. The minimum absolute atomic E-state index is 0.103. The molecule has 9 nitrogen and oxygen atoms in total. The molecule has 0 saturated heterocycles. The van der Waals surface area contributed by atoms with E-state index < -0.39 is 24.5 Å². The summed E-state index contributed by atoms with van der Waals surface area (Å²) in [4.78, 5) is 28.5. The lowest BCUT2D eigenvalue weighted by Crippen LogP contribution is -2.42. The number of benzene rings is 2. The maximum atomic E-state index is 12.6. The standard InChI is InChI=1S/C25H27N3O6/c29-15-20(30)12-27-25(32)28-13-22(31)21-11-23(33-16-18-7-3-1-4-8-18)24(14-26-21)34-17-19-9-5-2-6-10-19/h1-11,14,20,29-30H,12-13,15-17H2,(H2,27,28,32)/t20-/m0/s1. The van der Waals surface area contributed by atoms with Gasteiger partial charge < -0.3 is 30.3 Å². The molecule has 3 aromatic rings. The van der Waals surface area contributed by atoms with Gasteiger partial charge in [-0.2, -0.15) is 0 Å². The van der Waals surface area contributed by atoms with Crippen molar-refractivity contribution < 1.29 is 29.3 Å². The van der Waals surface area contributed by atoms with E-state index in [9.17, 15) is 14.7 Å². The van der Waals surface area contributed by atoms with Gasteiger partial charge in [-0.25, -0.2) is 9.78 Å². The van der Waals surface area contributed by atoms with Crippen molar-refractivity contribution in [3.05, 3.63) is 89.7 Å². The summed E-state index contributed by atoms with van der Waals surface area (Å²) >= 11 is 0. The monoisotopic (exact) mass is 465 g/mol. The normalized spacial score (nSPS) is 11.4. The first-order valence-corrected chi connectivity index (χ1v) is 10.7. The predicted octanol–water partition coefficient (Wildman–Crippen LogP) is 2.07. The zero-order valence-electron chi connectivity index (χ0n) is 18.5. The molecule has 1 aromatic heterocycles. The zero-order chi connectivity index (χ0) is 24.2. The molecule has 0 aliphatic heterocycles. The van der Waals surface area contributed by atoms with E-state index in [2.05, 4.69) is 15.6 Å². The van der Waals surface area contributed by atoms with Crippen LogP contribution in [0.5, 0.6) is 11.5 Å². The Hall–Kier alpha value is -3.95. The fourth-order valence-corrected chi connectivity index (χ4v) is 2.86. The molecular formula is C25H27N3O6. The molecule has 0 aliphatic carbocycles. The molecule has 178 valence electrons. The number of amides is 2. The lowest BCUT2D eigenvalue weighted by Gasteiger charge is -2.14. The molecule has 0 fully saturated rings. The largest absolute Gasteiger partial charge is 0.485 e. The number of ether oxygens (including phenoxy) is 2. The molecular weight excluding hydrogens is 438 g/mol. The minimum Gasteiger partial charge on any atom is -0.485 e. The summed E-state index contributed by atoms with van der Waals surface area (Å²) in [6.45, 7) is -0.351. The van der Waals surface area contributed by atoms with E-state index in [4.69, 9.17) is 14.6 Å². The van der Waals surface area contributed by atoms with E-state index in [0.29, 0.717) is 18.1 Å². The molecule has 0 unspecified atom stereocenters. The van der Waals surface area contributed by atoms with Gasteiger partial charge in [-0.05, 0) is 11.1 Å². The lowest BCUT2D eigenvalue weighted by molar-refractivity contribution is 0.0951. The van der Waals surface area contributed by atoms with Crippen molar-refractivity contribution in [3.8, 4) is 11.5 Å². The second-order valence-corrected chi connectivity index (χ2v) is 7.39. The highest BCUT2D eigenvalue weighted by atomic mass is 16.5. The molecule has 3 rings (SSSR count). The number of urea groups is 1. The fourth-order valence-electron chi connectivity index (χ4n) is 2.86. The smallest absolute Gasteiger partial charge is 0.315 e. The van der Waals surface area contributed by atoms with E-state index in [1.54, 1.807) is 0 Å². The molecule has 0 radical (unpaired) electrons. The number of aliphatic hydroxyl groups excluding tert-OH is 2. The summed E-state index contributed by atoms with van der Waals surface area (Å²) in [7, 11) is 0. The number of carbonyl (C=O) groups excluding carboxylic acids is 2. The topological polar surface area (TPSA) is 130 Å². The number of aliphatic hydroxyl groups is 2. The molecule has 0 bridgehead atoms. The summed E-state index contributed by atoms with van der Waals surface area (Å²) < 4.78 is 11.8. The number of hydrogen-bond donors (Lipinski definition) is 4. The van der Waals surface area contributed by atoms with Gasteiger partial charge in [0.1, 0.15) is 18.9 Å². The Bertz CT molecular complexity index is 1060. The molecule has 4 N–H and O–H groups in total. The maximum Gasteiger partial charge on any atom is 0.315 e. The van der Waals surface area contributed by atoms with E-state index in [1.165, 1.54) is 12.3 Å². The number of ketones is 1. The average Bonchev–Trinajstić information content (AvgIpc) is 2.89. The Morgan fingerprint density at radius 1 is 0.882 bits per heavy atom. The number of hydrogen-bond acceptors (Lipinski definition) is 7. The first-order chi connectivity index (χ1) is 16.5. The second-order valence-electron chi connectivity index (χ2n) is 7.39. The van der Waals surface area contributed by atoms with Crippen LogP contribution in [-0.2, 0) is 13.2 Å². The molecule has 0 spiro atoms. The van der Waals surface area contributed by atoms with Crippen LogP contribution in [0.4, 0.5) is 4.79 Å². The van der Waals surface area contributed by atoms with Gasteiger partial charge in [0.15, 0.2) is 17.3 Å². The van der Waals surface area contributed by atoms with Crippen molar-refractivity contribution in [3.63, 3.8) is 0 Å². The van der Waals surface area contributed by atoms with E-state index in [-0.39, 0.29) is 25.4 Å². The summed E-state index contributed by atoms with van der Waals surface area (Å²) in [5, 5.41) is 22.8. The third kappa shape index (κ3) is 7.88. The van der Waals surface area contributed by atoms with Gasteiger partial charge in [-0.1, -0.05) is 60.7 Å². The Morgan fingerprint density at radius 3 is 2.06 bits per heavy atom. The van der Waals surface area contributed by atoms with Gasteiger partial charge in [0.05, 0.1) is 25.5 Å². The summed E-state index contributed by atoms with van der Waals surface area (Å²) in [5.74, 6) is 0.311. The van der Waals surface area contributed by atoms with Gasteiger partial charge in [0.2, 0.25) is 0 Å². The highest BCUT2D eigenvalue weighted by Crippen LogP contribution is 2.29. The van der Waals surface area contributed by atoms with Crippen molar-refractivity contribution in [2.45, 2.75) is 19.3 Å². The summed E-state index contributed by atoms with van der Waals surface area (Å²) in [6, 6.07) is 20.0. The number of rotatable bonds is 12. The first-order valence-electron chi connectivity index (χ1n) is 10.7. The number of aromatic nitrogens is 1. The average molecular weight is 466 g/mol. The second kappa shape index (κ2) is 12.9. The number of nitrogens with one attached hydrogen (secondary N) is 2. The van der Waals surface area contributed by atoms with Crippen LogP contribution >= 0.6 is 0 Å². The van der Waals surface area contributed by atoms with Crippen molar-refractivity contribution in [1.29, 1.82) is 0 Å². The Kier molecular flexibility index (Phi) is 9.39. The number of pyridine rings is 1. The van der Waals surface area contributed by atoms with Crippen LogP contribution < -0.4 is 20.1 Å². The molecule has 0 saturated carbocycles. The van der Waals surface area contributed by atoms with Crippen LogP contribution in [0.2, 0.25) is 0 Å². The number of Topliss-reactive ketones (excluding diaryl/α,β-unsaturated/α-hetero) is 1. The molecule has 1 heterocycles. The quantitative estimate of drug-likeness (QED) is 0.301. The highest BCUT2D eigenvalue weighted by Gasteiger charge is 2.15. The van der Waals surface area contributed by atoms with Gasteiger partial charge in [0.25, 0.3) is 0 Å². The third-order valence-electron chi connectivity index (χ3n) is 4.71. The van der Waals surface area contributed by atoms with Gasteiger partial charge in [-0.3, -0.25) is 4.79 Å². The maximum absolute atomic E-state index is 12.6. The van der Waals surface area contributed by atoms with Gasteiger partial charge in [0, 0.05) is 12.6 Å². The SMILES string of the molecule is O=C(NCC(=O)c1cc(OCc2ccccc2)c(OCc2ccccc2)cn1)NC[C@H](O)CO. The van der Waals surface area contributed by atoms with E-state index >= 15 is 0 Å². The molecule has 1 atom stereocenters. The molecule has 0 aliphatic rings. The van der Waals surface area contributed by atoms with Gasteiger partial charge in [-0.15, -0.1) is 0 Å². The molecule has 2 amide bonds. The van der Waals surface area contributed by atoms with Gasteiger partial charge >= 0.3 is 6.03 Å². The Morgan fingerprint density at radius 2 is 1.47 bits per heavy atom. The van der Waals surface area contributed by atoms with Crippen LogP contribution in [0.1, 0.15) is 21.6 Å². The predicted molar refractivity (Wildman–Crippen MR) is 125 cm³/mol. The van der Waals surface area contributed by atoms with Crippen LogP contribution in [0.25, 0.3) is 0 Å². The van der Waals surface area contributed by atoms with Crippen LogP contribution in [0.3, 0.4) is 0 Å². The Labute approximate surface area is 197 Å². The summed E-state index contributed by atoms with van der Waals surface area (Å²) in [5.41, 5.74) is 2.02.